The highest BCUT2D eigenvalue weighted by Crippen LogP contribution is 2.22. The van der Waals surface area contributed by atoms with Crippen LogP contribution in [-0.2, 0) is 4.74 Å². The van der Waals surface area contributed by atoms with Crippen molar-refractivity contribution in [1.82, 2.24) is 4.90 Å². The summed E-state index contributed by atoms with van der Waals surface area (Å²) in [5, 5.41) is 0. The molecule has 2 N–H and O–H groups in total. The summed E-state index contributed by atoms with van der Waals surface area (Å²) in [5.74, 6) is 1.53. The minimum absolute atomic E-state index is 0.0339. The van der Waals surface area contributed by atoms with E-state index in [1.165, 1.54) is 6.42 Å². The molecule has 118 valence electrons. The Morgan fingerprint density at radius 3 is 2.67 bits per heavy atom. The van der Waals surface area contributed by atoms with Crippen LogP contribution in [0.3, 0.4) is 0 Å². The smallest absolute Gasteiger partial charge is 0.119 e. The first kappa shape index (κ1) is 16.3. The number of ether oxygens (including phenoxy) is 2. The van der Waals surface area contributed by atoms with Gasteiger partial charge in [-0.05, 0) is 43.5 Å². The fourth-order valence-corrected chi connectivity index (χ4v) is 2.93. The Labute approximate surface area is 128 Å². The van der Waals surface area contributed by atoms with Gasteiger partial charge in [0.25, 0.3) is 0 Å². The van der Waals surface area contributed by atoms with E-state index in [1.54, 1.807) is 7.11 Å². The van der Waals surface area contributed by atoms with Crippen molar-refractivity contribution in [3.63, 3.8) is 0 Å². The van der Waals surface area contributed by atoms with Gasteiger partial charge in [-0.15, -0.1) is 0 Å². The number of hydrogen-bond donors (Lipinski definition) is 1. The monoisotopic (exact) mass is 292 g/mol. The number of benzene rings is 1. The van der Waals surface area contributed by atoms with Crippen LogP contribution in [0.5, 0.6) is 5.75 Å². The fraction of sp³-hybridized carbons (Fsp3) is 0.647. The van der Waals surface area contributed by atoms with Gasteiger partial charge in [0, 0.05) is 26.2 Å². The molecule has 1 saturated heterocycles. The maximum absolute atomic E-state index is 6.35. The number of hydrogen-bond acceptors (Lipinski definition) is 4. The molecule has 21 heavy (non-hydrogen) atoms. The Morgan fingerprint density at radius 2 is 2.05 bits per heavy atom. The van der Waals surface area contributed by atoms with Crippen molar-refractivity contribution in [2.24, 2.45) is 11.7 Å². The van der Waals surface area contributed by atoms with E-state index in [4.69, 9.17) is 15.2 Å². The first-order valence-electron chi connectivity index (χ1n) is 7.87. The number of piperidine rings is 1. The zero-order valence-electron chi connectivity index (χ0n) is 13.4. The van der Waals surface area contributed by atoms with Gasteiger partial charge in [0.1, 0.15) is 5.75 Å². The van der Waals surface area contributed by atoms with Gasteiger partial charge in [0.2, 0.25) is 0 Å². The molecule has 1 fully saturated rings. The van der Waals surface area contributed by atoms with Crippen LogP contribution in [0.4, 0.5) is 0 Å². The van der Waals surface area contributed by atoms with Crippen LogP contribution in [0, 0.1) is 5.92 Å². The Hall–Kier alpha value is -1.10. The zero-order valence-corrected chi connectivity index (χ0v) is 13.4. The topological polar surface area (TPSA) is 47.7 Å². The number of nitrogens with zero attached hydrogens (tertiary/aromatic N) is 1. The van der Waals surface area contributed by atoms with E-state index in [1.807, 2.05) is 19.1 Å². The van der Waals surface area contributed by atoms with Gasteiger partial charge in [-0.2, -0.15) is 0 Å². The van der Waals surface area contributed by atoms with Crippen molar-refractivity contribution < 1.29 is 9.47 Å². The lowest BCUT2D eigenvalue weighted by atomic mass is 9.95. The van der Waals surface area contributed by atoms with Crippen molar-refractivity contribution in [1.29, 1.82) is 0 Å². The average molecular weight is 292 g/mol. The van der Waals surface area contributed by atoms with Crippen molar-refractivity contribution in [2.75, 3.05) is 33.4 Å². The molecule has 4 nitrogen and oxygen atoms in total. The van der Waals surface area contributed by atoms with E-state index in [2.05, 4.69) is 24.0 Å². The lowest BCUT2D eigenvalue weighted by Gasteiger charge is -2.37. The van der Waals surface area contributed by atoms with Crippen molar-refractivity contribution in [3.05, 3.63) is 29.8 Å². The standard InChI is InChI=1S/C17H28N2O2/c1-4-21-15-7-5-14(6-8-15)16(18)11-19-10-9-13(2)17(12-19)20-3/h5-8,13,16-17H,4,9-12,18H2,1-3H3. The molecule has 1 heterocycles. The minimum Gasteiger partial charge on any atom is -0.494 e. The Kier molecular flexibility index (Phi) is 6.03. The highest BCUT2D eigenvalue weighted by molar-refractivity contribution is 5.29. The van der Waals surface area contributed by atoms with Crippen LogP contribution >= 0.6 is 0 Å². The molecule has 0 aliphatic carbocycles. The first-order chi connectivity index (χ1) is 10.1. The van der Waals surface area contributed by atoms with Crippen molar-refractivity contribution in [3.8, 4) is 5.75 Å². The van der Waals surface area contributed by atoms with Crippen LogP contribution in [0.25, 0.3) is 0 Å². The van der Waals surface area contributed by atoms with Gasteiger partial charge in [0.05, 0.1) is 12.7 Å². The summed E-state index contributed by atoms with van der Waals surface area (Å²) in [5.41, 5.74) is 7.51. The number of rotatable bonds is 6. The summed E-state index contributed by atoms with van der Waals surface area (Å²) in [7, 11) is 1.80. The molecule has 2 rings (SSSR count). The van der Waals surface area contributed by atoms with Gasteiger partial charge < -0.3 is 15.2 Å². The van der Waals surface area contributed by atoms with Crippen LogP contribution < -0.4 is 10.5 Å². The predicted molar refractivity (Wildman–Crippen MR) is 85.6 cm³/mol. The van der Waals surface area contributed by atoms with Gasteiger partial charge in [-0.1, -0.05) is 19.1 Å². The lowest BCUT2D eigenvalue weighted by molar-refractivity contribution is -0.00643. The Bertz CT molecular complexity index is 421. The third-order valence-electron chi connectivity index (χ3n) is 4.35. The molecular weight excluding hydrogens is 264 g/mol. The first-order valence-corrected chi connectivity index (χ1v) is 7.87. The summed E-state index contributed by atoms with van der Waals surface area (Å²) in [6, 6.07) is 8.15. The van der Waals surface area contributed by atoms with Crippen LogP contribution in [-0.4, -0.2) is 44.4 Å². The summed E-state index contributed by atoms with van der Waals surface area (Å²) >= 11 is 0. The van der Waals surface area contributed by atoms with E-state index in [0.717, 1.165) is 30.9 Å². The van der Waals surface area contributed by atoms with Crippen LogP contribution in [0.15, 0.2) is 24.3 Å². The third-order valence-corrected chi connectivity index (χ3v) is 4.35. The fourth-order valence-electron chi connectivity index (χ4n) is 2.93. The average Bonchev–Trinajstić information content (AvgIpc) is 2.50. The molecule has 3 atom stereocenters. The second-order valence-electron chi connectivity index (χ2n) is 5.91. The summed E-state index contributed by atoms with van der Waals surface area (Å²) < 4.78 is 11.0. The molecule has 4 heteroatoms. The highest BCUT2D eigenvalue weighted by atomic mass is 16.5. The van der Waals surface area contributed by atoms with Crippen molar-refractivity contribution in [2.45, 2.75) is 32.4 Å². The molecule has 0 amide bonds. The second kappa shape index (κ2) is 7.78. The third kappa shape index (κ3) is 4.43. The molecule has 0 spiro atoms. The largest absolute Gasteiger partial charge is 0.494 e. The van der Waals surface area contributed by atoms with Gasteiger partial charge in [-0.25, -0.2) is 0 Å². The molecule has 0 radical (unpaired) electrons. The van der Waals surface area contributed by atoms with E-state index >= 15 is 0 Å². The van der Waals surface area contributed by atoms with Crippen molar-refractivity contribution >= 4 is 0 Å². The van der Waals surface area contributed by atoms with E-state index in [0.29, 0.717) is 18.6 Å². The number of nitrogens with two attached hydrogens (primary N) is 1. The predicted octanol–water partition coefficient (Wildman–Crippen LogP) is 2.44. The van der Waals surface area contributed by atoms with E-state index in [-0.39, 0.29) is 6.04 Å². The molecular formula is C17H28N2O2. The number of methoxy groups -OCH3 is 1. The molecule has 1 aliphatic heterocycles. The lowest BCUT2D eigenvalue weighted by Crippen LogP contribution is -2.46. The summed E-state index contributed by atoms with van der Waals surface area (Å²) in [6.07, 6.45) is 1.50. The second-order valence-corrected chi connectivity index (χ2v) is 5.91. The molecule has 1 aromatic carbocycles. The van der Waals surface area contributed by atoms with Gasteiger partial charge in [0.15, 0.2) is 0 Å². The Morgan fingerprint density at radius 1 is 1.33 bits per heavy atom. The van der Waals surface area contributed by atoms with Crippen LogP contribution in [0.2, 0.25) is 0 Å². The molecule has 1 aromatic rings. The maximum Gasteiger partial charge on any atom is 0.119 e. The van der Waals surface area contributed by atoms with E-state index in [9.17, 15) is 0 Å². The highest BCUT2D eigenvalue weighted by Gasteiger charge is 2.26. The number of likely N-dealkylation sites (tertiary alicyclic amines) is 1. The maximum atomic E-state index is 6.35. The normalized spacial score (nSPS) is 24.8. The zero-order chi connectivity index (χ0) is 15.2. The van der Waals surface area contributed by atoms with Gasteiger partial charge >= 0.3 is 0 Å². The molecule has 0 bridgehead atoms. The summed E-state index contributed by atoms with van der Waals surface area (Å²) in [4.78, 5) is 2.41. The molecule has 0 saturated carbocycles. The molecule has 1 aliphatic rings. The molecule has 3 unspecified atom stereocenters. The Balaban J connectivity index is 1.90. The quantitative estimate of drug-likeness (QED) is 0.875. The minimum atomic E-state index is 0.0339. The molecule has 0 aromatic heterocycles. The summed E-state index contributed by atoms with van der Waals surface area (Å²) in [6.45, 7) is 7.89. The van der Waals surface area contributed by atoms with Gasteiger partial charge in [-0.3, -0.25) is 4.90 Å². The van der Waals surface area contributed by atoms with E-state index < -0.39 is 0 Å². The van der Waals surface area contributed by atoms with Crippen LogP contribution in [0.1, 0.15) is 31.9 Å². The SMILES string of the molecule is CCOc1ccc(C(N)CN2CCC(C)C(OC)C2)cc1.